The van der Waals surface area contributed by atoms with E-state index in [0.717, 1.165) is 27.6 Å². The molecule has 0 aliphatic heterocycles. The minimum atomic E-state index is 0.0634. The predicted molar refractivity (Wildman–Crippen MR) is 85.7 cm³/mol. The topological polar surface area (TPSA) is 81.2 Å². The zero-order valence-electron chi connectivity index (χ0n) is 12.4. The first-order chi connectivity index (χ1) is 10.1. The Balaban J connectivity index is 2.44. The Hall–Kier alpha value is -2.08. The second-order valence-corrected chi connectivity index (χ2v) is 5.36. The van der Waals surface area contributed by atoms with E-state index in [4.69, 9.17) is 20.6 Å². The van der Waals surface area contributed by atoms with Crippen molar-refractivity contribution in [1.82, 2.24) is 4.98 Å². The Morgan fingerprint density at radius 2 is 2.10 bits per heavy atom. The number of aromatic nitrogens is 1. The summed E-state index contributed by atoms with van der Waals surface area (Å²) in [4.78, 5) is 5.31. The number of methoxy groups -OCH3 is 1. The Bertz CT molecular complexity index is 652. The number of hydrogen-bond donors (Lipinski definition) is 2. The molecule has 1 heterocycles. The number of nitrogens with zero attached hydrogens (tertiary/aromatic N) is 1. The van der Waals surface area contributed by atoms with Crippen LogP contribution in [0.4, 0.5) is 0 Å². The highest BCUT2D eigenvalue weighted by Gasteiger charge is 2.15. The summed E-state index contributed by atoms with van der Waals surface area (Å²) in [5, 5.41) is 8.46. The van der Waals surface area contributed by atoms with E-state index >= 15 is 0 Å². The van der Waals surface area contributed by atoms with Gasteiger partial charge < -0.3 is 15.2 Å². The number of nitrogens with two attached hydrogens (primary N) is 1. The molecule has 5 nitrogen and oxygen atoms in total. The number of aryl methyl sites for hydroxylation is 1. The van der Waals surface area contributed by atoms with Crippen LogP contribution in [0.2, 0.25) is 0 Å². The van der Waals surface area contributed by atoms with Gasteiger partial charge in [-0.2, -0.15) is 0 Å². The Morgan fingerprint density at radius 3 is 2.62 bits per heavy atom. The minimum Gasteiger partial charge on any atom is -0.493 e. The molecular formula is C15H19N3O2S. The standard InChI is InChI=1S/C15H19N3O2S/c1-4-10-13(14(16)17)21-15(18-10)9-6-7-11(20-5-2)12(8-9)19-3/h6-8H,4-5H2,1-3H3,(H3,16,17). The summed E-state index contributed by atoms with van der Waals surface area (Å²) >= 11 is 1.43. The van der Waals surface area contributed by atoms with Gasteiger partial charge in [0.1, 0.15) is 10.8 Å². The summed E-state index contributed by atoms with van der Waals surface area (Å²) in [5.41, 5.74) is 7.40. The van der Waals surface area contributed by atoms with Crippen LogP contribution in [0.5, 0.6) is 11.5 Å². The van der Waals surface area contributed by atoms with Crippen LogP contribution in [-0.4, -0.2) is 24.5 Å². The van der Waals surface area contributed by atoms with Crippen LogP contribution >= 0.6 is 11.3 Å². The van der Waals surface area contributed by atoms with Gasteiger partial charge >= 0.3 is 0 Å². The van der Waals surface area contributed by atoms with Crippen LogP contribution in [0.3, 0.4) is 0 Å². The normalized spacial score (nSPS) is 10.4. The maximum Gasteiger partial charge on any atom is 0.161 e. The zero-order chi connectivity index (χ0) is 15.4. The van der Waals surface area contributed by atoms with E-state index in [2.05, 4.69) is 4.98 Å². The number of ether oxygens (including phenoxy) is 2. The molecule has 0 aliphatic rings. The highest BCUT2D eigenvalue weighted by molar-refractivity contribution is 7.17. The molecule has 0 saturated carbocycles. The van der Waals surface area contributed by atoms with Crippen LogP contribution in [-0.2, 0) is 6.42 Å². The molecule has 0 fully saturated rings. The maximum absolute atomic E-state index is 7.63. The van der Waals surface area contributed by atoms with Gasteiger partial charge in [0.15, 0.2) is 11.5 Å². The van der Waals surface area contributed by atoms with E-state index < -0.39 is 0 Å². The van der Waals surface area contributed by atoms with Crippen molar-refractivity contribution in [2.24, 2.45) is 5.73 Å². The summed E-state index contributed by atoms with van der Waals surface area (Å²) in [6.07, 6.45) is 0.750. The quantitative estimate of drug-likeness (QED) is 0.635. The highest BCUT2D eigenvalue weighted by Crippen LogP contribution is 2.35. The van der Waals surface area contributed by atoms with Gasteiger partial charge in [0.05, 0.1) is 24.3 Å². The van der Waals surface area contributed by atoms with Crippen molar-refractivity contribution < 1.29 is 9.47 Å². The van der Waals surface area contributed by atoms with Gasteiger partial charge in [-0.15, -0.1) is 11.3 Å². The molecule has 6 heteroatoms. The molecule has 2 aromatic rings. The van der Waals surface area contributed by atoms with Gasteiger partial charge in [0.25, 0.3) is 0 Å². The van der Waals surface area contributed by atoms with Crippen molar-refractivity contribution in [2.75, 3.05) is 13.7 Å². The minimum absolute atomic E-state index is 0.0634. The number of amidine groups is 1. The molecule has 1 aromatic carbocycles. The van der Waals surface area contributed by atoms with Crippen LogP contribution in [0, 0.1) is 5.41 Å². The van der Waals surface area contributed by atoms with Gasteiger partial charge in [-0.1, -0.05) is 6.92 Å². The number of hydrogen-bond acceptors (Lipinski definition) is 5. The van der Waals surface area contributed by atoms with E-state index in [0.29, 0.717) is 18.1 Å². The van der Waals surface area contributed by atoms with Crippen LogP contribution in [0.1, 0.15) is 24.4 Å². The van der Waals surface area contributed by atoms with Crippen molar-refractivity contribution >= 4 is 17.2 Å². The second kappa shape index (κ2) is 6.58. The predicted octanol–water partition coefficient (Wildman–Crippen LogP) is 3.06. The lowest BCUT2D eigenvalue weighted by Crippen LogP contribution is -2.11. The van der Waals surface area contributed by atoms with Gasteiger partial charge in [0.2, 0.25) is 0 Å². The fraction of sp³-hybridized carbons (Fsp3) is 0.333. The third kappa shape index (κ3) is 3.16. The number of benzene rings is 1. The van der Waals surface area contributed by atoms with Crippen LogP contribution < -0.4 is 15.2 Å². The smallest absolute Gasteiger partial charge is 0.161 e. The average molecular weight is 305 g/mol. The number of thiazole rings is 1. The number of nitrogen functional groups attached to an aromatic ring is 1. The van der Waals surface area contributed by atoms with E-state index in [-0.39, 0.29) is 5.84 Å². The molecule has 21 heavy (non-hydrogen) atoms. The molecule has 112 valence electrons. The first-order valence-corrected chi connectivity index (χ1v) is 7.57. The summed E-state index contributed by atoms with van der Waals surface area (Å²) in [6.45, 7) is 4.52. The number of nitrogens with one attached hydrogen (secondary N) is 1. The van der Waals surface area contributed by atoms with Crippen LogP contribution in [0.25, 0.3) is 10.6 Å². The summed E-state index contributed by atoms with van der Waals surface area (Å²) in [5.74, 6) is 1.45. The fourth-order valence-electron chi connectivity index (χ4n) is 2.00. The third-order valence-corrected chi connectivity index (χ3v) is 4.17. The van der Waals surface area contributed by atoms with Crippen molar-refractivity contribution in [3.05, 3.63) is 28.8 Å². The Morgan fingerprint density at radius 1 is 1.33 bits per heavy atom. The summed E-state index contributed by atoms with van der Waals surface area (Å²) < 4.78 is 10.9. The lowest BCUT2D eigenvalue weighted by Gasteiger charge is -2.09. The third-order valence-electron chi connectivity index (χ3n) is 2.99. The first-order valence-electron chi connectivity index (χ1n) is 6.76. The molecule has 1 aromatic heterocycles. The van der Waals surface area contributed by atoms with Gasteiger partial charge in [-0.3, -0.25) is 5.41 Å². The molecule has 0 radical (unpaired) electrons. The van der Waals surface area contributed by atoms with Crippen molar-refractivity contribution in [3.8, 4) is 22.1 Å². The first kappa shape index (κ1) is 15.3. The van der Waals surface area contributed by atoms with Gasteiger partial charge in [-0.05, 0) is 31.5 Å². The largest absolute Gasteiger partial charge is 0.493 e. The van der Waals surface area contributed by atoms with Gasteiger partial charge in [0, 0.05) is 5.56 Å². The van der Waals surface area contributed by atoms with Crippen LogP contribution in [0.15, 0.2) is 18.2 Å². The van der Waals surface area contributed by atoms with E-state index in [9.17, 15) is 0 Å². The zero-order valence-corrected chi connectivity index (χ0v) is 13.2. The molecule has 2 rings (SSSR count). The van der Waals surface area contributed by atoms with E-state index in [1.54, 1.807) is 7.11 Å². The molecule has 0 saturated heterocycles. The molecule has 0 bridgehead atoms. The highest BCUT2D eigenvalue weighted by atomic mass is 32.1. The molecular weight excluding hydrogens is 286 g/mol. The molecule has 0 unspecified atom stereocenters. The number of rotatable bonds is 6. The maximum atomic E-state index is 7.63. The van der Waals surface area contributed by atoms with Crippen molar-refractivity contribution in [1.29, 1.82) is 5.41 Å². The summed E-state index contributed by atoms with van der Waals surface area (Å²) in [6, 6.07) is 5.71. The Kier molecular flexibility index (Phi) is 4.80. The SMILES string of the molecule is CCOc1ccc(-c2nc(CC)c(C(=N)N)s2)cc1OC. The lowest BCUT2D eigenvalue weighted by atomic mass is 10.2. The molecule has 3 N–H and O–H groups in total. The average Bonchev–Trinajstić information content (AvgIpc) is 2.92. The van der Waals surface area contributed by atoms with E-state index in [1.165, 1.54) is 11.3 Å². The van der Waals surface area contributed by atoms with Crippen molar-refractivity contribution in [2.45, 2.75) is 20.3 Å². The molecule has 0 atom stereocenters. The Labute approximate surface area is 128 Å². The monoisotopic (exact) mass is 305 g/mol. The lowest BCUT2D eigenvalue weighted by molar-refractivity contribution is 0.311. The molecule has 0 amide bonds. The van der Waals surface area contributed by atoms with Crippen molar-refractivity contribution in [3.63, 3.8) is 0 Å². The van der Waals surface area contributed by atoms with Gasteiger partial charge in [-0.25, -0.2) is 4.98 Å². The fourth-order valence-corrected chi connectivity index (χ4v) is 3.01. The summed E-state index contributed by atoms with van der Waals surface area (Å²) in [7, 11) is 1.61. The molecule has 0 spiro atoms. The van der Waals surface area contributed by atoms with E-state index in [1.807, 2.05) is 32.0 Å². The molecule has 0 aliphatic carbocycles. The second-order valence-electron chi connectivity index (χ2n) is 4.36.